The minimum Gasteiger partial charge on any atom is -0.123 e. The van der Waals surface area contributed by atoms with Crippen molar-refractivity contribution in [3.05, 3.63) is 0 Å². The molecule has 0 fully saturated rings. The molecular formula is C4H2Cl8. The Bertz CT molecular complexity index is 155. The minimum absolute atomic E-state index is 0.267. The van der Waals surface area contributed by atoms with Crippen LogP contribution >= 0.6 is 92.8 Å². The van der Waals surface area contributed by atoms with Gasteiger partial charge in [0.15, 0.2) is 8.67 Å². The number of alkyl halides is 8. The SMILES string of the molecule is ClCC(Cl)(Cl)C(Cl)(Cl)C(Cl)(Cl)Cl. The summed E-state index contributed by atoms with van der Waals surface area (Å²) in [6, 6.07) is 0. The molecule has 0 rings (SSSR count). The lowest BCUT2D eigenvalue weighted by Crippen LogP contribution is -2.48. The van der Waals surface area contributed by atoms with Crippen LogP contribution in [0.25, 0.3) is 0 Å². The largest absolute Gasteiger partial charge is 0.226 e. The fraction of sp³-hybridized carbons (Fsp3) is 1.00. The van der Waals surface area contributed by atoms with E-state index < -0.39 is 12.5 Å². The molecule has 0 aromatic heterocycles. The van der Waals surface area contributed by atoms with Crippen LogP contribution in [0.5, 0.6) is 0 Å². The molecule has 0 radical (unpaired) electrons. The van der Waals surface area contributed by atoms with Crippen molar-refractivity contribution in [3.63, 3.8) is 0 Å². The summed E-state index contributed by atoms with van der Waals surface area (Å²) in [6.07, 6.45) is 0. The lowest BCUT2D eigenvalue weighted by molar-refractivity contribution is 0.718. The Labute approximate surface area is 110 Å². The highest BCUT2D eigenvalue weighted by molar-refractivity contribution is 6.79. The molecule has 0 nitrogen and oxygen atoms in total. The number of halogens is 8. The molecule has 0 aromatic carbocycles. The van der Waals surface area contributed by atoms with Gasteiger partial charge in [0.25, 0.3) is 0 Å². The summed E-state index contributed by atoms with van der Waals surface area (Å²) in [7, 11) is 0. The van der Waals surface area contributed by atoms with E-state index in [1.807, 2.05) is 0 Å². The molecule has 12 heavy (non-hydrogen) atoms. The molecule has 0 unspecified atom stereocenters. The monoisotopic (exact) mass is 330 g/mol. The summed E-state index contributed by atoms with van der Waals surface area (Å²) >= 11 is 44.1. The van der Waals surface area contributed by atoms with Gasteiger partial charge in [-0.25, -0.2) is 0 Å². The second kappa shape index (κ2) is 4.45. The zero-order valence-electron chi connectivity index (χ0n) is 5.23. The minimum atomic E-state index is -2.02. The quantitative estimate of drug-likeness (QED) is 0.628. The summed E-state index contributed by atoms with van der Waals surface area (Å²) in [5.74, 6) is -0.267. The van der Waals surface area contributed by atoms with Gasteiger partial charge in [-0.05, 0) is 0 Å². The molecule has 0 saturated carbocycles. The van der Waals surface area contributed by atoms with E-state index in [-0.39, 0.29) is 5.88 Å². The van der Waals surface area contributed by atoms with Gasteiger partial charge in [0.1, 0.15) is 0 Å². The van der Waals surface area contributed by atoms with Crippen LogP contribution in [-0.4, -0.2) is 18.3 Å². The Kier molecular flexibility index (Phi) is 5.31. The third-order valence-electron chi connectivity index (χ3n) is 0.983. The van der Waals surface area contributed by atoms with Crippen LogP contribution in [0.15, 0.2) is 0 Å². The number of rotatable bonds is 2. The lowest BCUT2D eigenvalue weighted by Gasteiger charge is -2.36. The Balaban J connectivity index is 4.85. The van der Waals surface area contributed by atoms with Crippen molar-refractivity contribution in [2.24, 2.45) is 0 Å². The summed E-state index contributed by atoms with van der Waals surface area (Å²) < 4.78 is -5.73. The summed E-state index contributed by atoms with van der Waals surface area (Å²) in [6.45, 7) is 0. The predicted octanol–water partition coefficient (Wildman–Crippen LogP) is 4.94. The Morgan fingerprint density at radius 2 is 1.08 bits per heavy atom. The maximum absolute atomic E-state index is 5.63. The summed E-state index contributed by atoms with van der Waals surface area (Å²) in [5, 5.41) is 0. The average molecular weight is 334 g/mol. The third-order valence-corrected chi connectivity index (χ3v) is 5.52. The topological polar surface area (TPSA) is 0 Å². The van der Waals surface area contributed by atoms with Gasteiger partial charge in [-0.2, -0.15) is 0 Å². The van der Waals surface area contributed by atoms with Gasteiger partial charge in [0, 0.05) is 0 Å². The molecular weight excluding hydrogens is 332 g/mol. The Morgan fingerprint density at radius 1 is 0.750 bits per heavy atom. The van der Waals surface area contributed by atoms with Gasteiger partial charge in [0.2, 0.25) is 3.79 Å². The van der Waals surface area contributed by atoms with Crippen molar-refractivity contribution in [3.8, 4) is 0 Å². The highest BCUT2D eigenvalue weighted by Crippen LogP contribution is 2.56. The van der Waals surface area contributed by atoms with Crippen molar-refractivity contribution in [1.29, 1.82) is 0 Å². The zero-order valence-corrected chi connectivity index (χ0v) is 11.3. The van der Waals surface area contributed by atoms with E-state index >= 15 is 0 Å². The number of hydrogen-bond acceptors (Lipinski definition) is 0. The van der Waals surface area contributed by atoms with Crippen molar-refractivity contribution in [1.82, 2.24) is 0 Å². The molecule has 0 aromatic rings. The van der Waals surface area contributed by atoms with E-state index in [4.69, 9.17) is 92.8 Å². The van der Waals surface area contributed by atoms with Crippen molar-refractivity contribution in [2.75, 3.05) is 5.88 Å². The van der Waals surface area contributed by atoms with E-state index in [0.29, 0.717) is 0 Å². The standard InChI is InChI=1S/C4H2Cl8/c5-1-2(6,7)3(8,9)4(10,11)12/h1H2. The molecule has 0 heterocycles. The molecule has 0 aliphatic rings. The van der Waals surface area contributed by atoms with Crippen LogP contribution in [0.3, 0.4) is 0 Å². The van der Waals surface area contributed by atoms with Crippen LogP contribution in [0.2, 0.25) is 0 Å². The molecule has 0 N–H and O–H groups in total. The van der Waals surface area contributed by atoms with E-state index in [1.165, 1.54) is 0 Å². The summed E-state index contributed by atoms with van der Waals surface area (Å²) in [5.41, 5.74) is 0. The Morgan fingerprint density at radius 3 is 1.17 bits per heavy atom. The molecule has 0 bridgehead atoms. The van der Waals surface area contributed by atoms with E-state index in [0.717, 1.165) is 0 Å². The number of hydrogen-bond donors (Lipinski definition) is 0. The van der Waals surface area contributed by atoms with Gasteiger partial charge in [-0.1, -0.05) is 81.2 Å². The normalized spacial score (nSPS) is 15.0. The zero-order chi connectivity index (χ0) is 10.2. The van der Waals surface area contributed by atoms with Gasteiger partial charge in [-0.3, -0.25) is 0 Å². The fourth-order valence-corrected chi connectivity index (χ4v) is 1.82. The van der Waals surface area contributed by atoms with Gasteiger partial charge >= 0.3 is 0 Å². The molecule has 0 spiro atoms. The van der Waals surface area contributed by atoms with Crippen LogP contribution in [0, 0.1) is 0 Å². The molecule has 8 heteroatoms. The first kappa shape index (κ1) is 14.3. The van der Waals surface area contributed by atoms with E-state index in [9.17, 15) is 0 Å². The molecule has 0 amide bonds. The molecule has 0 aliphatic heterocycles. The van der Waals surface area contributed by atoms with Crippen LogP contribution in [-0.2, 0) is 0 Å². The lowest BCUT2D eigenvalue weighted by atomic mass is 10.3. The van der Waals surface area contributed by atoms with Gasteiger partial charge in [0.05, 0.1) is 5.88 Å². The first-order chi connectivity index (χ1) is 5.06. The van der Waals surface area contributed by atoms with Gasteiger partial charge in [-0.15, -0.1) is 11.6 Å². The van der Waals surface area contributed by atoms with Crippen molar-refractivity contribution >= 4 is 92.8 Å². The van der Waals surface area contributed by atoms with Crippen LogP contribution < -0.4 is 0 Å². The predicted molar refractivity (Wildman–Crippen MR) is 59.9 cm³/mol. The molecule has 74 valence electrons. The van der Waals surface area contributed by atoms with Crippen molar-refractivity contribution in [2.45, 2.75) is 12.5 Å². The molecule has 0 aliphatic carbocycles. The second-order valence-electron chi connectivity index (χ2n) is 1.91. The smallest absolute Gasteiger partial charge is 0.123 e. The second-order valence-corrected chi connectivity index (χ2v) is 7.27. The molecule has 0 atom stereocenters. The van der Waals surface area contributed by atoms with Crippen LogP contribution in [0.4, 0.5) is 0 Å². The highest BCUT2D eigenvalue weighted by atomic mass is 35.6. The first-order valence-corrected chi connectivity index (χ1v) is 5.62. The third kappa shape index (κ3) is 2.90. The van der Waals surface area contributed by atoms with Crippen molar-refractivity contribution < 1.29 is 0 Å². The maximum Gasteiger partial charge on any atom is 0.226 e. The molecule has 0 saturated heterocycles. The van der Waals surface area contributed by atoms with Crippen LogP contribution in [0.1, 0.15) is 0 Å². The van der Waals surface area contributed by atoms with Gasteiger partial charge < -0.3 is 0 Å². The fourth-order valence-electron chi connectivity index (χ4n) is 0.291. The van der Waals surface area contributed by atoms with E-state index in [2.05, 4.69) is 0 Å². The highest BCUT2D eigenvalue weighted by Gasteiger charge is 2.59. The maximum atomic E-state index is 5.63. The van der Waals surface area contributed by atoms with E-state index in [1.54, 1.807) is 0 Å². The first-order valence-electron chi connectivity index (χ1n) is 2.44. The average Bonchev–Trinajstić information content (AvgIpc) is 1.85. The summed E-state index contributed by atoms with van der Waals surface area (Å²) in [4.78, 5) is 0. The Hall–Kier alpha value is 2.32.